The van der Waals surface area contributed by atoms with Crippen molar-refractivity contribution in [2.75, 3.05) is 26.7 Å². The standard InChI is InChI=1S/C27H30ClF3N2O3/c1-32-25(34)21-8-7-20(16-23(21)28)36-14-11-19-15-22(19)17-9-12-33(13-10-17)26(35)24(27(29,30)31)18-5-3-2-4-6-18/h2-8,16-17,19,22,24H,9-15H2,1H3,(H,32,34)/t19-,22-,24+/m1/s1. The van der Waals surface area contributed by atoms with Crippen molar-refractivity contribution < 1.29 is 27.5 Å². The predicted octanol–water partition coefficient (Wildman–Crippen LogP) is 5.69. The molecule has 0 bridgehead atoms. The van der Waals surface area contributed by atoms with E-state index >= 15 is 0 Å². The molecule has 0 spiro atoms. The molecule has 36 heavy (non-hydrogen) atoms. The number of likely N-dealkylation sites (tertiary alicyclic amines) is 1. The highest BCUT2D eigenvalue weighted by Crippen LogP contribution is 2.50. The van der Waals surface area contributed by atoms with Gasteiger partial charge in [-0.3, -0.25) is 9.59 Å². The van der Waals surface area contributed by atoms with E-state index in [2.05, 4.69) is 5.32 Å². The summed E-state index contributed by atoms with van der Waals surface area (Å²) in [7, 11) is 1.54. The van der Waals surface area contributed by atoms with Crippen molar-refractivity contribution in [3.8, 4) is 5.75 Å². The summed E-state index contributed by atoms with van der Waals surface area (Å²) in [5, 5.41) is 2.87. The number of amides is 2. The van der Waals surface area contributed by atoms with E-state index in [1.165, 1.54) is 29.2 Å². The van der Waals surface area contributed by atoms with Crippen LogP contribution in [0.2, 0.25) is 5.02 Å². The van der Waals surface area contributed by atoms with E-state index in [1.54, 1.807) is 31.3 Å². The summed E-state index contributed by atoms with van der Waals surface area (Å²) in [5.74, 6) is -1.15. The van der Waals surface area contributed by atoms with Gasteiger partial charge in [0.15, 0.2) is 5.92 Å². The number of rotatable bonds is 8. The normalized spacial score (nSPS) is 21.1. The molecule has 1 heterocycles. The summed E-state index contributed by atoms with van der Waals surface area (Å²) in [6.07, 6.45) is -1.21. The molecule has 1 aliphatic carbocycles. The molecule has 1 aliphatic heterocycles. The van der Waals surface area contributed by atoms with Crippen LogP contribution in [0.25, 0.3) is 0 Å². The van der Waals surface area contributed by atoms with E-state index in [0.717, 1.165) is 25.7 Å². The van der Waals surface area contributed by atoms with E-state index in [-0.39, 0.29) is 11.5 Å². The molecule has 2 fully saturated rings. The average molecular weight is 523 g/mol. The van der Waals surface area contributed by atoms with Crippen molar-refractivity contribution in [2.45, 2.75) is 37.8 Å². The van der Waals surface area contributed by atoms with Crippen LogP contribution in [-0.4, -0.2) is 49.6 Å². The Bertz CT molecular complexity index is 1070. The smallest absolute Gasteiger partial charge is 0.404 e. The molecule has 2 amide bonds. The summed E-state index contributed by atoms with van der Waals surface area (Å²) >= 11 is 6.16. The van der Waals surface area contributed by atoms with Crippen LogP contribution in [0.3, 0.4) is 0 Å². The highest BCUT2D eigenvalue weighted by Gasteiger charge is 2.49. The van der Waals surface area contributed by atoms with Crippen molar-refractivity contribution in [1.29, 1.82) is 0 Å². The Balaban J connectivity index is 1.23. The van der Waals surface area contributed by atoms with Gasteiger partial charge in [-0.2, -0.15) is 13.2 Å². The number of nitrogens with zero attached hydrogens (tertiary/aromatic N) is 1. The summed E-state index contributed by atoms with van der Waals surface area (Å²) in [6, 6.07) is 12.4. The van der Waals surface area contributed by atoms with Gasteiger partial charge in [0.05, 0.1) is 17.2 Å². The average Bonchev–Trinajstić information content (AvgIpc) is 3.63. The van der Waals surface area contributed by atoms with E-state index in [9.17, 15) is 22.8 Å². The van der Waals surface area contributed by atoms with E-state index in [0.29, 0.717) is 53.8 Å². The fourth-order valence-electron chi connectivity index (χ4n) is 5.26. The fraction of sp³-hybridized carbons (Fsp3) is 0.481. The first-order chi connectivity index (χ1) is 17.2. The maximum Gasteiger partial charge on any atom is 0.404 e. The number of benzene rings is 2. The quantitative estimate of drug-likeness (QED) is 0.484. The first-order valence-corrected chi connectivity index (χ1v) is 12.6. The monoisotopic (exact) mass is 522 g/mol. The number of ether oxygens (including phenoxy) is 1. The summed E-state index contributed by atoms with van der Waals surface area (Å²) in [6.45, 7) is 1.25. The number of nitrogens with one attached hydrogen (secondary N) is 1. The first-order valence-electron chi connectivity index (χ1n) is 12.2. The third-order valence-electron chi connectivity index (χ3n) is 7.31. The van der Waals surface area contributed by atoms with Crippen LogP contribution in [0, 0.1) is 17.8 Å². The molecule has 194 valence electrons. The third kappa shape index (κ3) is 6.14. The van der Waals surface area contributed by atoms with Crippen molar-refractivity contribution in [2.24, 2.45) is 17.8 Å². The van der Waals surface area contributed by atoms with Gasteiger partial charge in [0, 0.05) is 20.1 Å². The van der Waals surface area contributed by atoms with Gasteiger partial charge < -0.3 is 15.0 Å². The lowest BCUT2D eigenvalue weighted by Gasteiger charge is -2.35. The topological polar surface area (TPSA) is 58.6 Å². The zero-order valence-electron chi connectivity index (χ0n) is 20.1. The van der Waals surface area contributed by atoms with Gasteiger partial charge in [0.1, 0.15) is 5.75 Å². The minimum Gasteiger partial charge on any atom is -0.494 e. The molecule has 4 rings (SSSR count). The van der Waals surface area contributed by atoms with Gasteiger partial charge in [-0.1, -0.05) is 41.9 Å². The highest BCUT2D eigenvalue weighted by molar-refractivity contribution is 6.34. The lowest BCUT2D eigenvalue weighted by Crippen LogP contribution is -2.45. The molecule has 1 saturated carbocycles. The minimum atomic E-state index is -4.62. The fourth-order valence-corrected chi connectivity index (χ4v) is 5.52. The van der Waals surface area contributed by atoms with Crippen LogP contribution >= 0.6 is 11.6 Å². The Morgan fingerprint density at radius 3 is 2.44 bits per heavy atom. The maximum absolute atomic E-state index is 13.7. The summed E-state index contributed by atoms with van der Waals surface area (Å²) in [5.41, 5.74) is 0.382. The summed E-state index contributed by atoms with van der Waals surface area (Å²) in [4.78, 5) is 26.0. The van der Waals surface area contributed by atoms with Gasteiger partial charge in [0.2, 0.25) is 5.91 Å². The highest BCUT2D eigenvalue weighted by atomic mass is 35.5. The van der Waals surface area contributed by atoms with Crippen LogP contribution in [0.15, 0.2) is 48.5 Å². The minimum absolute atomic E-state index is 0.0102. The Labute approximate surface area is 213 Å². The zero-order valence-corrected chi connectivity index (χ0v) is 20.8. The van der Waals surface area contributed by atoms with Crippen molar-refractivity contribution in [1.82, 2.24) is 10.2 Å². The van der Waals surface area contributed by atoms with E-state index in [4.69, 9.17) is 16.3 Å². The number of alkyl halides is 3. The Morgan fingerprint density at radius 1 is 1.14 bits per heavy atom. The van der Waals surface area contributed by atoms with Crippen LogP contribution in [0.5, 0.6) is 5.75 Å². The Hall–Kier alpha value is -2.74. The van der Waals surface area contributed by atoms with Gasteiger partial charge in [-0.15, -0.1) is 0 Å². The van der Waals surface area contributed by atoms with Crippen LogP contribution in [0.1, 0.15) is 47.5 Å². The van der Waals surface area contributed by atoms with E-state index < -0.39 is 18.0 Å². The van der Waals surface area contributed by atoms with Crippen molar-refractivity contribution in [3.63, 3.8) is 0 Å². The lowest BCUT2D eigenvalue weighted by molar-refractivity contribution is -0.173. The second-order valence-corrected chi connectivity index (χ2v) is 9.97. The number of carbonyl (C=O) groups is 2. The van der Waals surface area contributed by atoms with Crippen molar-refractivity contribution >= 4 is 23.4 Å². The molecule has 0 unspecified atom stereocenters. The van der Waals surface area contributed by atoms with Crippen LogP contribution in [-0.2, 0) is 4.79 Å². The first kappa shape index (κ1) is 26.3. The van der Waals surface area contributed by atoms with Gasteiger partial charge in [0.25, 0.3) is 5.91 Å². The SMILES string of the molecule is CNC(=O)c1ccc(OCC[C@@H]2C[C@@H]2C2CCN(C(=O)[C@H](c3ccccc3)C(F)(F)F)CC2)cc1Cl. The molecule has 3 atom stereocenters. The third-order valence-corrected chi connectivity index (χ3v) is 7.62. The molecular weight excluding hydrogens is 493 g/mol. The lowest BCUT2D eigenvalue weighted by atomic mass is 9.89. The van der Waals surface area contributed by atoms with Crippen LogP contribution < -0.4 is 10.1 Å². The molecule has 9 heteroatoms. The number of halogens is 4. The second kappa shape index (κ2) is 11.1. The number of piperidine rings is 1. The molecule has 5 nitrogen and oxygen atoms in total. The van der Waals surface area contributed by atoms with Crippen LogP contribution in [0.4, 0.5) is 13.2 Å². The Morgan fingerprint density at radius 2 is 1.83 bits per heavy atom. The van der Waals surface area contributed by atoms with Crippen molar-refractivity contribution in [3.05, 3.63) is 64.7 Å². The molecule has 2 aromatic carbocycles. The molecule has 2 aromatic rings. The Kier molecular flexibility index (Phi) is 8.13. The maximum atomic E-state index is 13.7. The number of hydrogen-bond acceptors (Lipinski definition) is 3. The largest absolute Gasteiger partial charge is 0.494 e. The molecule has 0 aromatic heterocycles. The number of hydrogen-bond donors (Lipinski definition) is 1. The molecule has 2 aliphatic rings. The summed E-state index contributed by atoms with van der Waals surface area (Å²) < 4.78 is 47.0. The van der Waals surface area contributed by atoms with Gasteiger partial charge >= 0.3 is 6.18 Å². The van der Waals surface area contributed by atoms with Gasteiger partial charge in [-0.25, -0.2) is 0 Å². The second-order valence-electron chi connectivity index (χ2n) is 9.57. The van der Waals surface area contributed by atoms with E-state index in [1.807, 2.05) is 0 Å². The molecular formula is C27H30ClF3N2O3. The predicted molar refractivity (Wildman–Crippen MR) is 131 cm³/mol. The van der Waals surface area contributed by atoms with Gasteiger partial charge in [-0.05, 0) is 67.2 Å². The zero-order chi connectivity index (χ0) is 25.9. The number of carbonyl (C=O) groups excluding carboxylic acids is 2. The molecule has 1 N–H and O–H groups in total. The molecule has 0 radical (unpaired) electrons. The molecule has 1 saturated heterocycles.